The van der Waals surface area contributed by atoms with E-state index in [-0.39, 0.29) is 0 Å². The van der Waals surface area contributed by atoms with Gasteiger partial charge in [-0.1, -0.05) is 50.1 Å². The van der Waals surface area contributed by atoms with Crippen molar-refractivity contribution in [1.82, 2.24) is 0 Å². The van der Waals surface area contributed by atoms with Crippen molar-refractivity contribution in [3.8, 4) is 0 Å². The van der Waals surface area contributed by atoms with Gasteiger partial charge in [0.2, 0.25) is 0 Å². The fourth-order valence-electron chi connectivity index (χ4n) is 1.48. The molecule has 0 aliphatic heterocycles. The lowest BCUT2D eigenvalue weighted by molar-refractivity contribution is 0.462. The summed E-state index contributed by atoms with van der Waals surface area (Å²) >= 11 is 0. The van der Waals surface area contributed by atoms with Crippen LogP contribution in [0.3, 0.4) is 0 Å². The molecule has 15 heavy (non-hydrogen) atoms. The van der Waals surface area contributed by atoms with Gasteiger partial charge in [0.25, 0.3) is 10.1 Å². The van der Waals surface area contributed by atoms with Gasteiger partial charge in [0.05, 0.1) is 0 Å². The van der Waals surface area contributed by atoms with Crippen LogP contribution in [0.5, 0.6) is 0 Å². The third kappa shape index (κ3) is 3.64. The molecule has 0 heterocycles. The van der Waals surface area contributed by atoms with Crippen LogP contribution < -0.4 is 0 Å². The van der Waals surface area contributed by atoms with E-state index < -0.39 is 15.4 Å². The fourth-order valence-corrected chi connectivity index (χ4v) is 2.45. The largest absolute Gasteiger partial charge is 0.285 e. The SMILES string of the molecule is [CH2]CCCC(c1ccccc1)S(=O)(=O)O. The van der Waals surface area contributed by atoms with Crippen LogP contribution in [0.4, 0.5) is 0 Å². The van der Waals surface area contributed by atoms with Gasteiger partial charge < -0.3 is 0 Å². The second kappa shape index (κ2) is 5.28. The van der Waals surface area contributed by atoms with Crippen molar-refractivity contribution in [3.05, 3.63) is 42.8 Å². The van der Waals surface area contributed by atoms with Crippen molar-refractivity contribution in [2.45, 2.75) is 24.5 Å². The first-order valence-electron chi connectivity index (χ1n) is 4.86. The van der Waals surface area contributed by atoms with E-state index in [2.05, 4.69) is 6.92 Å². The first kappa shape index (κ1) is 12.2. The molecule has 1 unspecified atom stereocenters. The van der Waals surface area contributed by atoms with E-state index in [0.717, 1.165) is 0 Å². The van der Waals surface area contributed by atoms with Gasteiger partial charge in [-0.05, 0) is 12.0 Å². The maximum Gasteiger partial charge on any atom is 0.271 e. The van der Waals surface area contributed by atoms with Crippen LogP contribution in [0.15, 0.2) is 30.3 Å². The molecule has 0 aliphatic rings. The molecule has 0 spiro atoms. The second-order valence-electron chi connectivity index (χ2n) is 3.41. The summed E-state index contributed by atoms with van der Waals surface area (Å²) in [6.07, 6.45) is 1.75. The number of unbranched alkanes of at least 4 members (excludes halogenated alkanes) is 1. The summed E-state index contributed by atoms with van der Waals surface area (Å²) in [5.74, 6) is 0. The molecular weight excluding hydrogens is 212 g/mol. The topological polar surface area (TPSA) is 54.4 Å². The predicted octanol–water partition coefficient (Wildman–Crippen LogP) is 2.62. The van der Waals surface area contributed by atoms with Gasteiger partial charge in [-0.15, -0.1) is 0 Å². The van der Waals surface area contributed by atoms with Gasteiger partial charge >= 0.3 is 0 Å². The summed E-state index contributed by atoms with van der Waals surface area (Å²) in [4.78, 5) is 0. The van der Waals surface area contributed by atoms with Crippen LogP contribution in [0.25, 0.3) is 0 Å². The minimum Gasteiger partial charge on any atom is -0.285 e. The predicted molar refractivity (Wildman–Crippen MR) is 59.9 cm³/mol. The van der Waals surface area contributed by atoms with Gasteiger partial charge in [0.15, 0.2) is 0 Å². The van der Waals surface area contributed by atoms with Crippen molar-refractivity contribution in [1.29, 1.82) is 0 Å². The lowest BCUT2D eigenvalue weighted by Crippen LogP contribution is -2.12. The smallest absolute Gasteiger partial charge is 0.271 e. The molecule has 1 aromatic rings. The Bertz CT molecular complexity index is 384. The minimum atomic E-state index is -4.02. The Kier molecular flexibility index (Phi) is 4.29. The van der Waals surface area contributed by atoms with Gasteiger partial charge in [0, 0.05) is 0 Å². The highest BCUT2D eigenvalue weighted by molar-refractivity contribution is 7.86. The molecule has 0 aromatic heterocycles. The lowest BCUT2D eigenvalue weighted by atomic mass is 10.1. The number of hydrogen-bond acceptors (Lipinski definition) is 2. The quantitative estimate of drug-likeness (QED) is 0.787. The molecule has 1 rings (SSSR count). The molecule has 1 radical (unpaired) electrons. The molecule has 0 fully saturated rings. The summed E-state index contributed by atoms with van der Waals surface area (Å²) in [5, 5.41) is -0.819. The standard InChI is InChI=1S/C11H15O3S/c1-2-3-9-11(15(12,13)14)10-7-5-4-6-8-10/h4-8,11H,1-3,9H2,(H,12,13,14). The molecule has 0 amide bonds. The van der Waals surface area contributed by atoms with Crippen LogP contribution in [0, 0.1) is 6.92 Å². The van der Waals surface area contributed by atoms with Crippen molar-refractivity contribution < 1.29 is 13.0 Å². The van der Waals surface area contributed by atoms with E-state index in [1.54, 1.807) is 24.3 Å². The van der Waals surface area contributed by atoms with Crippen LogP contribution in [-0.2, 0) is 10.1 Å². The fraction of sp³-hybridized carbons (Fsp3) is 0.364. The lowest BCUT2D eigenvalue weighted by Gasteiger charge is -2.13. The molecule has 83 valence electrons. The van der Waals surface area contributed by atoms with Crippen molar-refractivity contribution >= 4 is 10.1 Å². The first-order valence-corrected chi connectivity index (χ1v) is 6.36. The Hall–Kier alpha value is -0.870. The second-order valence-corrected chi connectivity index (χ2v) is 5.01. The molecular formula is C11H15O3S. The molecule has 1 N–H and O–H groups in total. The minimum absolute atomic E-state index is 0.409. The zero-order chi connectivity index (χ0) is 11.3. The van der Waals surface area contributed by atoms with E-state index >= 15 is 0 Å². The number of hydrogen-bond donors (Lipinski definition) is 1. The van der Waals surface area contributed by atoms with Crippen molar-refractivity contribution in [3.63, 3.8) is 0 Å². The molecule has 3 nitrogen and oxygen atoms in total. The molecule has 4 heteroatoms. The average molecular weight is 227 g/mol. The molecule has 0 aliphatic carbocycles. The van der Waals surface area contributed by atoms with E-state index in [4.69, 9.17) is 4.55 Å². The maximum atomic E-state index is 11.2. The van der Waals surface area contributed by atoms with Crippen LogP contribution in [0.2, 0.25) is 0 Å². The highest BCUT2D eigenvalue weighted by atomic mass is 32.2. The van der Waals surface area contributed by atoms with E-state index in [1.807, 2.05) is 6.07 Å². The normalized spacial score (nSPS) is 13.7. The molecule has 1 atom stereocenters. The van der Waals surface area contributed by atoms with Crippen LogP contribution in [0.1, 0.15) is 30.1 Å². The third-order valence-electron chi connectivity index (χ3n) is 2.25. The maximum absolute atomic E-state index is 11.2. The molecule has 0 saturated carbocycles. The zero-order valence-corrected chi connectivity index (χ0v) is 9.28. The Balaban J connectivity index is 2.92. The zero-order valence-electron chi connectivity index (χ0n) is 8.46. The first-order chi connectivity index (χ1) is 7.05. The van der Waals surface area contributed by atoms with Gasteiger partial charge in [-0.2, -0.15) is 8.42 Å². The average Bonchev–Trinajstić information content (AvgIpc) is 2.18. The van der Waals surface area contributed by atoms with E-state index in [0.29, 0.717) is 24.8 Å². The summed E-state index contributed by atoms with van der Waals surface area (Å²) in [5.41, 5.74) is 0.633. The van der Waals surface area contributed by atoms with Crippen LogP contribution in [-0.4, -0.2) is 13.0 Å². The summed E-state index contributed by atoms with van der Waals surface area (Å²) in [7, 11) is -4.02. The van der Waals surface area contributed by atoms with Gasteiger partial charge in [-0.25, -0.2) is 0 Å². The highest BCUT2D eigenvalue weighted by Gasteiger charge is 2.23. The summed E-state index contributed by atoms with van der Waals surface area (Å²) in [6, 6.07) is 8.75. The summed E-state index contributed by atoms with van der Waals surface area (Å²) < 4.78 is 31.5. The number of rotatable bonds is 5. The highest BCUT2D eigenvalue weighted by Crippen LogP contribution is 2.26. The van der Waals surface area contributed by atoms with Gasteiger partial charge in [0.1, 0.15) is 5.25 Å². The molecule has 0 saturated heterocycles. The monoisotopic (exact) mass is 227 g/mol. The Morgan fingerprint density at radius 2 is 1.87 bits per heavy atom. The Morgan fingerprint density at radius 1 is 1.27 bits per heavy atom. The molecule has 1 aromatic carbocycles. The molecule has 0 bridgehead atoms. The van der Waals surface area contributed by atoms with E-state index in [9.17, 15) is 8.42 Å². The number of benzene rings is 1. The summed E-state index contributed by atoms with van der Waals surface area (Å²) in [6.45, 7) is 3.66. The Morgan fingerprint density at radius 3 is 2.33 bits per heavy atom. The Labute approximate surface area is 90.9 Å². The van der Waals surface area contributed by atoms with Crippen molar-refractivity contribution in [2.24, 2.45) is 0 Å². The van der Waals surface area contributed by atoms with Crippen molar-refractivity contribution in [2.75, 3.05) is 0 Å². The van der Waals surface area contributed by atoms with Gasteiger partial charge in [-0.3, -0.25) is 4.55 Å². The third-order valence-corrected chi connectivity index (χ3v) is 3.47. The van der Waals surface area contributed by atoms with E-state index in [1.165, 1.54) is 0 Å². The van der Waals surface area contributed by atoms with Crippen LogP contribution >= 0.6 is 0 Å².